The van der Waals surface area contributed by atoms with E-state index in [-0.39, 0.29) is 11.3 Å². The molecule has 16 heavy (non-hydrogen) atoms. The fourth-order valence-electron chi connectivity index (χ4n) is 1.50. The van der Waals surface area contributed by atoms with Gasteiger partial charge in [0.1, 0.15) is 5.75 Å². The monoisotopic (exact) mass is 219 g/mol. The molecule has 1 aromatic heterocycles. The van der Waals surface area contributed by atoms with Gasteiger partial charge in [0.05, 0.1) is 11.3 Å². The molecule has 0 aliphatic heterocycles. The van der Waals surface area contributed by atoms with Crippen LogP contribution >= 0.6 is 0 Å². The lowest BCUT2D eigenvalue weighted by Crippen LogP contribution is -2.13. The Morgan fingerprint density at radius 1 is 1.38 bits per heavy atom. The van der Waals surface area contributed by atoms with E-state index in [2.05, 4.69) is 10.4 Å². The summed E-state index contributed by atoms with van der Waals surface area (Å²) >= 11 is 0. The first-order valence-electron chi connectivity index (χ1n) is 4.95. The average molecular weight is 219 g/mol. The van der Waals surface area contributed by atoms with E-state index in [0.29, 0.717) is 12.1 Å². The van der Waals surface area contributed by atoms with Crippen molar-refractivity contribution in [1.29, 1.82) is 0 Å². The molecular weight excluding hydrogens is 206 g/mol. The maximum absolute atomic E-state index is 11.5. The number of H-pyrrole nitrogens is 1. The Bertz CT molecular complexity index is 525. The summed E-state index contributed by atoms with van der Waals surface area (Å²) in [6, 6.07) is 6.61. The van der Waals surface area contributed by atoms with E-state index in [1.54, 1.807) is 42.2 Å². The second-order valence-electron chi connectivity index (χ2n) is 3.51. The Morgan fingerprint density at radius 2 is 2.06 bits per heavy atom. The number of nitrogens with zero attached hydrogens (tertiary/aromatic N) is 1. The van der Waals surface area contributed by atoms with Gasteiger partial charge in [0.2, 0.25) is 0 Å². The summed E-state index contributed by atoms with van der Waals surface area (Å²) in [5.41, 5.74) is 1.37. The molecule has 0 unspecified atom stereocenters. The number of aromatic nitrogens is 2. The van der Waals surface area contributed by atoms with Gasteiger partial charge >= 0.3 is 0 Å². The number of hydrogen-bond donors (Lipinski definition) is 3. The molecule has 1 aromatic carbocycles. The highest BCUT2D eigenvalue weighted by Crippen LogP contribution is 2.12. The summed E-state index contributed by atoms with van der Waals surface area (Å²) in [4.78, 5) is 11.5. The minimum atomic E-state index is -0.109. The molecule has 5 nitrogen and oxygen atoms in total. The molecular formula is C11H13N3O2. The van der Waals surface area contributed by atoms with Crippen LogP contribution in [0.3, 0.4) is 0 Å². The van der Waals surface area contributed by atoms with Crippen LogP contribution in [0.4, 0.5) is 0 Å². The number of aromatic amines is 1. The molecule has 0 bridgehead atoms. The Labute approximate surface area is 92.3 Å². The average Bonchev–Trinajstić information content (AvgIpc) is 2.62. The van der Waals surface area contributed by atoms with Crippen LogP contribution in [0.15, 0.2) is 35.3 Å². The normalized spacial score (nSPS) is 10.6. The van der Waals surface area contributed by atoms with Crippen molar-refractivity contribution >= 4 is 0 Å². The van der Waals surface area contributed by atoms with Crippen LogP contribution in [0.5, 0.6) is 5.75 Å². The Hall–Kier alpha value is -2.01. The fourth-order valence-corrected chi connectivity index (χ4v) is 1.50. The number of aromatic hydroxyl groups is 1. The van der Waals surface area contributed by atoms with Crippen LogP contribution in [0.2, 0.25) is 0 Å². The van der Waals surface area contributed by atoms with E-state index < -0.39 is 0 Å². The predicted molar refractivity (Wildman–Crippen MR) is 60.8 cm³/mol. The minimum Gasteiger partial charge on any atom is -0.508 e. The van der Waals surface area contributed by atoms with Gasteiger partial charge in [-0.1, -0.05) is 0 Å². The Balaban J connectivity index is 2.37. The second-order valence-corrected chi connectivity index (χ2v) is 3.51. The van der Waals surface area contributed by atoms with Gasteiger partial charge in [-0.15, -0.1) is 0 Å². The summed E-state index contributed by atoms with van der Waals surface area (Å²) in [5, 5.41) is 14.8. The smallest absolute Gasteiger partial charge is 0.268 e. The number of hydrogen-bond acceptors (Lipinski definition) is 3. The third-order valence-corrected chi connectivity index (χ3v) is 2.29. The van der Waals surface area contributed by atoms with Crippen molar-refractivity contribution in [3.8, 4) is 11.4 Å². The molecule has 0 aliphatic carbocycles. The lowest BCUT2D eigenvalue weighted by molar-refractivity contribution is 0.475. The van der Waals surface area contributed by atoms with Gasteiger partial charge in [-0.05, 0) is 31.3 Å². The first-order chi connectivity index (χ1) is 7.70. The molecule has 0 spiro atoms. The van der Waals surface area contributed by atoms with E-state index in [9.17, 15) is 4.79 Å². The molecule has 3 N–H and O–H groups in total. The van der Waals surface area contributed by atoms with E-state index in [1.165, 1.54) is 0 Å². The Morgan fingerprint density at radius 3 is 2.69 bits per heavy atom. The third kappa shape index (κ3) is 1.99. The predicted octanol–water partition coefficient (Wildman–Crippen LogP) is 0.591. The molecule has 0 saturated carbocycles. The molecule has 2 rings (SSSR count). The van der Waals surface area contributed by atoms with E-state index in [1.807, 2.05) is 0 Å². The second kappa shape index (κ2) is 4.24. The van der Waals surface area contributed by atoms with Crippen molar-refractivity contribution in [1.82, 2.24) is 15.1 Å². The zero-order valence-corrected chi connectivity index (χ0v) is 8.90. The summed E-state index contributed by atoms with van der Waals surface area (Å²) in [6.45, 7) is 0.528. The molecule has 0 amide bonds. The molecule has 2 aromatic rings. The standard InChI is InChI=1S/C11H13N3O2/c1-12-6-8-7-14(13-11(8)16)9-2-4-10(15)5-3-9/h2-5,7,12,15H,6H2,1H3,(H,13,16). The molecule has 0 fully saturated rings. The van der Waals surface area contributed by atoms with E-state index in [0.717, 1.165) is 5.69 Å². The summed E-state index contributed by atoms with van der Waals surface area (Å²) in [6.07, 6.45) is 1.74. The van der Waals surface area contributed by atoms with Crippen molar-refractivity contribution < 1.29 is 5.11 Å². The van der Waals surface area contributed by atoms with Crippen LogP contribution < -0.4 is 10.9 Å². The molecule has 5 heteroatoms. The molecule has 1 heterocycles. The van der Waals surface area contributed by atoms with Gasteiger partial charge in [-0.3, -0.25) is 14.6 Å². The molecule has 0 saturated heterocycles. The van der Waals surface area contributed by atoms with Gasteiger partial charge < -0.3 is 10.4 Å². The topological polar surface area (TPSA) is 70.0 Å². The van der Waals surface area contributed by atoms with Gasteiger partial charge in [-0.2, -0.15) is 0 Å². The zero-order chi connectivity index (χ0) is 11.5. The van der Waals surface area contributed by atoms with Crippen LogP contribution in [0.1, 0.15) is 5.56 Å². The summed E-state index contributed by atoms with van der Waals surface area (Å²) in [7, 11) is 1.79. The van der Waals surface area contributed by atoms with E-state index in [4.69, 9.17) is 5.11 Å². The highest BCUT2D eigenvalue weighted by Gasteiger charge is 2.04. The van der Waals surface area contributed by atoms with E-state index >= 15 is 0 Å². The Kier molecular flexibility index (Phi) is 2.78. The van der Waals surface area contributed by atoms with Crippen molar-refractivity contribution in [2.24, 2.45) is 0 Å². The molecule has 0 aliphatic rings. The lowest BCUT2D eigenvalue weighted by atomic mass is 10.3. The van der Waals surface area contributed by atoms with Crippen LogP contribution in [-0.2, 0) is 6.54 Å². The van der Waals surface area contributed by atoms with Gasteiger partial charge in [0, 0.05) is 12.7 Å². The number of phenolic OH excluding ortho intramolecular Hbond substituents is 1. The molecule has 0 radical (unpaired) electrons. The van der Waals surface area contributed by atoms with Gasteiger partial charge in [0.15, 0.2) is 0 Å². The van der Waals surface area contributed by atoms with Crippen LogP contribution in [-0.4, -0.2) is 21.9 Å². The van der Waals surface area contributed by atoms with Crippen molar-refractivity contribution in [2.45, 2.75) is 6.54 Å². The zero-order valence-electron chi connectivity index (χ0n) is 8.90. The summed E-state index contributed by atoms with van der Waals surface area (Å²) in [5.74, 6) is 0.203. The first-order valence-corrected chi connectivity index (χ1v) is 4.95. The lowest BCUT2D eigenvalue weighted by Gasteiger charge is -2.01. The number of benzene rings is 1. The first kappa shape index (κ1) is 10.5. The maximum atomic E-state index is 11.5. The highest BCUT2D eigenvalue weighted by atomic mass is 16.3. The highest BCUT2D eigenvalue weighted by molar-refractivity contribution is 5.36. The quantitative estimate of drug-likeness (QED) is 0.707. The SMILES string of the molecule is CNCc1cn(-c2ccc(O)cc2)[nH]c1=O. The fraction of sp³-hybridized carbons (Fsp3) is 0.182. The maximum Gasteiger partial charge on any atom is 0.268 e. The number of phenols is 1. The van der Waals surface area contributed by atoms with Crippen molar-refractivity contribution in [3.63, 3.8) is 0 Å². The van der Waals surface area contributed by atoms with Crippen LogP contribution in [0, 0.1) is 0 Å². The van der Waals surface area contributed by atoms with Gasteiger partial charge in [0.25, 0.3) is 5.56 Å². The van der Waals surface area contributed by atoms with Gasteiger partial charge in [-0.25, -0.2) is 0 Å². The third-order valence-electron chi connectivity index (χ3n) is 2.29. The van der Waals surface area contributed by atoms with Crippen LogP contribution in [0.25, 0.3) is 5.69 Å². The number of nitrogens with one attached hydrogen (secondary N) is 2. The molecule has 84 valence electrons. The largest absolute Gasteiger partial charge is 0.508 e. The number of rotatable bonds is 3. The minimum absolute atomic E-state index is 0.109. The summed E-state index contributed by atoms with van der Waals surface area (Å²) < 4.78 is 1.63. The molecule has 0 atom stereocenters. The van der Waals surface area contributed by atoms with Crippen molar-refractivity contribution in [2.75, 3.05) is 7.05 Å². The van der Waals surface area contributed by atoms with Crippen molar-refractivity contribution in [3.05, 3.63) is 46.4 Å².